The van der Waals surface area contributed by atoms with Crippen LogP contribution in [0.1, 0.15) is 0 Å². The Labute approximate surface area is 55.9 Å². The summed E-state index contributed by atoms with van der Waals surface area (Å²) in [5, 5.41) is 4.16. The van der Waals surface area contributed by atoms with E-state index < -0.39 is 11.9 Å². The lowest BCUT2D eigenvalue weighted by atomic mass is 10.5. The molecule has 1 aliphatic rings. The molecule has 3 amide bonds. The summed E-state index contributed by atoms with van der Waals surface area (Å²) in [5.41, 5.74) is 1.10. The van der Waals surface area contributed by atoms with Crippen LogP contribution in [0.15, 0.2) is 11.2 Å². The summed E-state index contributed by atoms with van der Waals surface area (Å²) in [6.07, 6.45) is 0. The number of halogens is 1. The second-order valence-corrected chi connectivity index (χ2v) is 1.65. The van der Waals surface area contributed by atoms with Crippen molar-refractivity contribution in [1.29, 1.82) is 0 Å². The van der Waals surface area contributed by atoms with Gasteiger partial charge in [-0.3, -0.25) is 10.1 Å². The first-order valence-corrected chi connectivity index (χ1v) is 2.60. The fourth-order valence-corrected chi connectivity index (χ4v) is 0.611. The zero-order valence-corrected chi connectivity index (χ0v) is 5.03. The number of imide groups is 1. The van der Waals surface area contributed by atoms with Gasteiger partial charge < -0.3 is 5.32 Å². The van der Waals surface area contributed by atoms with E-state index in [1.807, 2.05) is 5.32 Å². The molecule has 9 heavy (non-hydrogen) atoms. The highest BCUT2D eigenvalue weighted by molar-refractivity contribution is 6.29. The van der Waals surface area contributed by atoms with Gasteiger partial charge in [0.15, 0.2) is 0 Å². The highest BCUT2D eigenvalue weighted by atomic mass is 35.5. The highest BCUT2D eigenvalue weighted by Crippen LogP contribution is 1.97. The van der Waals surface area contributed by atoms with Gasteiger partial charge in [-0.25, -0.2) is 4.79 Å². The number of carbonyl (C=O) groups is 2. The van der Waals surface area contributed by atoms with Gasteiger partial charge in [-0.05, 0) is 0 Å². The Balaban J connectivity index is 2.81. The van der Waals surface area contributed by atoms with Crippen molar-refractivity contribution in [3.05, 3.63) is 11.2 Å². The largest absolute Gasteiger partial charge is 0.326 e. The highest BCUT2D eigenvalue weighted by Gasteiger charge is 2.21. The van der Waals surface area contributed by atoms with Gasteiger partial charge in [-0.2, -0.15) is 0 Å². The molecule has 0 radical (unpaired) electrons. The van der Waals surface area contributed by atoms with Crippen molar-refractivity contribution >= 4 is 23.5 Å². The number of nitrogens with one attached hydrogen (secondary N) is 2. The predicted octanol–water partition coefficient (Wildman–Crippen LogP) is -0.0940. The maximum absolute atomic E-state index is 10.5. The lowest BCUT2D eigenvalue weighted by Gasteiger charge is -1.83. The lowest BCUT2D eigenvalue weighted by Crippen LogP contribution is -2.22. The van der Waals surface area contributed by atoms with Crippen LogP contribution in [0.2, 0.25) is 0 Å². The molecular weight excluding hydrogens is 144 g/mol. The van der Waals surface area contributed by atoms with E-state index in [9.17, 15) is 9.59 Å². The van der Waals surface area contributed by atoms with Gasteiger partial charge in [0.2, 0.25) is 0 Å². The molecule has 0 aromatic heterocycles. The number of carbonyl (C=O) groups excluding carboxylic acids is 2. The summed E-state index contributed by atoms with van der Waals surface area (Å²) in [7, 11) is 0. The third-order valence-electron chi connectivity index (χ3n) is 0.829. The molecule has 0 unspecified atom stereocenters. The fourth-order valence-electron chi connectivity index (χ4n) is 0.458. The number of amides is 3. The van der Waals surface area contributed by atoms with E-state index >= 15 is 0 Å². The molecule has 0 aromatic rings. The van der Waals surface area contributed by atoms with E-state index in [0.29, 0.717) is 0 Å². The number of urea groups is 1. The molecule has 4 nitrogen and oxygen atoms in total. The standard InChI is InChI=1S/C4H3ClN2O2/c5-1-2-3(8)7-4(9)6-2/h1H,(H2,6,7,8,9). The van der Waals surface area contributed by atoms with Crippen molar-refractivity contribution in [2.45, 2.75) is 0 Å². The summed E-state index contributed by atoms with van der Waals surface area (Å²) in [6.45, 7) is 0. The summed E-state index contributed by atoms with van der Waals surface area (Å²) >= 11 is 5.13. The SMILES string of the molecule is O=C1NC(=O)C(=CCl)N1. The van der Waals surface area contributed by atoms with Gasteiger partial charge in [-0.15, -0.1) is 0 Å². The molecule has 5 heteroatoms. The third kappa shape index (κ3) is 1.02. The monoisotopic (exact) mass is 146 g/mol. The smallest absolute Gasteiger partial charge is 0.302 e. The minimum absolute atomic E-state index is 0.0849. The Bertz CT molecular complexity index is 199. The molecule has 1 saturated heterocycles. The quantitative estimate of drug-likeness (QED) is 0.371. The molecule has 1 rings (SSSR count). The first-order chi connectivity index (χ1) is 4.24. The van der Waals surface area contributed by atoms with Gasteiger partial charge in [0, 0.05) is 5.54 Å². The van der Waals surface area contributed by atoms with Crippen LogP contribution in [0.4, 0.5) is 4.79 Å². The van der Waals surface area contributed by atoms with Crippen LogP contribution in [0.5, 0.6) is 0 Å². The van der Waals surface area contributed by atoms with Crippen molar-refractivity contribution in [3.8, 4) is 0 Å². The molecule has 0 atom stereocenters. The van der Waals surface area contributed by atoms with Crippen LogP contribution in [0.25, 0.3) is 0 Å². The topological polar surface area (TPSA) is 58.2 Å². The third-order valence-corrected chi connectivity index (χ3v) is 1.05. The van der Waals surface area contributed by atoms with Crippen LogP contribution in [-0.4, -0.2) is 11.9 Å². The van der Waals surface area contributed by atoms with Gasteiger partial charge in [0.25, 0.3) is 5.91 Å². The Morgan fingerprint density at radius 2 is 2.00 bits per heavy atom. The minimum Gasteiger partial charge on any atom is -0.302 e. The predicted molar refractivity (Wildman–Crippen MR) is 30.6 cm³/mol. The number of hydrogen-bond acceptors (Lipinski definition) is 2. The molecular formula is C4H3ClN2O2. The van der Waals surface area contributed by atoms with E-state index in [4.69, 9.17) is 11.6 Å². The average Bonchev–Trinajstić information content (AvgIpc) is 2.10. The van der Waals surface area contributed by atoms with Crippen LogP contribution >= 0.6 is 11.6 Å². The zero-order chi connectivity index (χ0) is 6.85. The Morgan fingerprint density at radius 1 is 1.33 bits per heavy atom. The first kappa shape index (κ1) is 6.10. The molecule has 0 aromatic carbocycles. The molecule has 0 spiro atoms. The summed E-state index contributed by atoms with van der Waals surface area (Å²) < 4.78 is 0. The molecule has 48 valence electrons. The summed E-state index contributed by atoms with van der Waals surface area (Å²) in [5.74, 6) is -0.491. The normalized spacial score (nSPS) is 22.1. The molecule has 2 N–H and O–H groups in total. The van der Waals surface area contributed by atoms with Crippen LogP contribution in [0, 0.1) is 0 Å². The van der Waals surface area contributed by atoms with Crippen molar-refractivity contribution in [2.24, 2.45) is 0 Å². The second-order valence-electron chi connectivity index (χ2n) is 1.43. The molecule has 0 saturated carbocycles. The Morgan fingerprint density at radius 3 is 2.22 bits per heavy atom. The van der Waals surface area contributed by atoms with Gasteiger partial charge >= 0.3 is 6.03 Å². The van der Waals surface area contributed by atoms with Crippen molar-refractivity contribution in [3.63, 3.8) is 0 Å². The molecule has 1 aliphatic heterocycles. The van der Waals surface area contributed by atoms with Crippen molar-refractivity contribution < 1.29 is 9.59 Å². The lowest BCUT2D eigenvalue weighted by molar-refractivity contribution is -0.115. The average molecular weight is 147 g/mol. The molecule has 1 fully saturated rings. The number of hydrogen-bond donors (Lipinski definition) is 2. The zero-order valence-electron chi connectivity index (χ0n) is 4.27. The minimum atomic E-state index is -0.535. The van der Waals surface area contributed by atoms with Crippen molar-refractivity contribution in [1.82, 2.24) is 10.6 Å². The van der Waals surface area contributed by atoms with Gasteiger partial charge in [0.05, 0.1) is 0 Å². The van der Waals surface area contributed by atoms with Crippen molar-refractivity contribution in [2.75, 3.05) is 0 Å². The van der Waals surface area contributed by atoms with E-state index in [2.05, 4.69) is 5.32 Å². The molecule has 0 aliphatic carbocycles. The van der Waals surface area contributed by atoms with Gasteiger partial charge in [0.1, 0.15) is 5.70 Å². The van der Waals surface area contributed by atoms with Gasteiger partial charge in [-0.1, -0.05) is 11.6 Å². The molecule has 1 heterocycles. The van der Waals surface area contributed by atoms with Crippen LogP contribution < -0.4 is 10.6 Å². The van der Waals surface area contributed by atoms with E-state index in [1.54, 1.807) is 0 Å². The first-order valence-electron chi connectivity index (χ1n) is 2.17. The number of rotatable bonds is 0. The summed E-state index contributed by atoms with van der Waals surface area (Å²) in [4.78, 5) is 20.7. The maximum atomic E-state index is 10.5. The maximum Gasteiger partial charge on any atom is 0.326 e. The second kappa shape index (κ2) is 2.06. The summed E-state index contributed by atoms with van der Waals surface area (Å²) in [6, 6.07) is -0.535. The Hall–Kier alpha value is -1.03. The van der Waals surface area contributed by atoms with Crippen LogP contribution in [0.3, 0.4) is 0 Å². The molecule has 0 bridgehead atoms. The van der Waals surface area contributed by atoms with Crippen LogP contribution in [-0.2, 0) is 4.79 Å². The van der Waals surface area contributed by atoms with E-state index in [-0.39, 0.29) is 5.70 Å². The fraction of sp³-hybridized carbons (Fsp3) is 0. The van der Waals surface area contributed by atoms with E-state index in [1.165, 1.54) is 0 Å². The Kier molecular flexibility index (Phi) is 1.40. The van der Waals surface area contributed by atoms with E-state index in [0.717, 1.165) is 5.54 Å².